The first-order valence-electron chi connectivity index (χ1n) is 12.2. The van der Waals surface area contributed by atoms with Crippen molar-refractivity contribution in [3.63, 3.8) is 0 Å². The SMILES string of the molecule is CC(C)CCC(=O)N1CCC(Cc2ccc(NC(=O)C3CN(c4cccnn4)C3)cc2)CC1. The Morgan fingerprint density at radius 2 is 1.82 bits per heavy atom. The average Bonchev–Trinajstić information content (AvgIpc) is 2.79. The minimum Gasteiger partial charge on any atom is -0.353 e. The van der Waals surface area contributed by atoms with Gasteiger partial charge in [-0.25, -0.2) is 0 Å². The Morgan fingerprint density at radius 3 is 2.45 bits per heavy atom. The van der Waals surface area contributed by atoms with Gasteiger partial charge in [0.1, 0.15) is 0 Å². The normalized spacial score (nSPS) is 17.2. The van der Waals surface area contributed by atoms with Crippen molar-refractivity contribution in [2.75, 3.05) is 36.4 Å². The van der Waals surface area contributed by atoms with Gasteiger partial charge < -0.3 is 15.1 Å². The molecule has 7 heteroatoms. The molecule has 0 saturated carbocycles. The minimum atomic E-state index is -0.0277. The molecular formula is C26H35N5O2. The van der Waals surface area contributed by atoms with Crippen LogP contribution >= 0.6 is 0 Å². The van der Waals surface area contributed by atoms with Crippen molar-refractivity contribution in [2.45, 2.75) is 46.0 Å². The van der Waals surface area contributed by atoms with Gasteiger partial charge in [-0.15, -0.1) is 5.10 Å². The zero-order valence-electron chi connectivity index (χ0n) is 19.7. The predicted octanol–water partition coefficient (Wildman–Crippen LogP) is 3.77. The van der Waals surface area contributed by atoms with E-state index in [0.717, 1.165) is 50.3 Å². The first kappa shape index (κ1) is 23.2. The van der Waals surface area contributed by atoms with Crippen molar-refractivity contribution in [1.82, 2.24) is 15.1 Å². The summed E-state index contributed by atoms with van der Waals surface area (Å²) in [5, 5.41) is 11.0. The molecule has 33 heavy (non-hydrogen) atoms. The molecule has 1 N–H and O–H groups in total. The molecule has 0 bridgehead atoms. The van der Waals surface area contributed by atoms with Crippen LogP contribution in [-0.4, -0.2) is 53.1 Å². The highest BCUT2D eigenvalue weighted by atomic mass is 16.2. The molecule has 2 aliphatic heterocycles. The summed E-state index contributed by atoms with van der Waals surface area (Å²) >= 11 is 0. The van der Waals surface area contributed by atoms with E-state index >= 15 is 0 Å². The third kappa shape index (κ3) is 6.30. The summed E-state index contributed by atoms with van der Waals surface area (Å²) in [5.74, 6) is 2.34. The highest BCUT2D eigenvalue weighted by Gasteiger charge is 2.33. The molecule has 0 aliphatic carbocycles. The van der Waals surface area contributed by atoms with E-state index in [0.29, 0.717) is 37.3 Å². The summed E-state index contributed by atoms with van der Waals surface area (Å²) in [7, 11) is 0. The third-order valence-electron chi connectivity index (χ3n) is 6.78. The van der Waals surface area contributed by atoms with Gasteiger partial charge in [-0.1, -0.05) is 26.0 Å². The molecule has 7 nitrogen and oxygen atoms in total. The zero-order chi connectivity index (χ0) is 23.2. The molecule has 2 fully saturated rings. The van der Waals surface area contributed by atoms with E-state index in [1.165, 1.54) is 5.56 Å². The number of carbonyl (C=O) groups is 2. The van der Waals surface area contributed by atoms with Gasteiger partial charge >= 0.3 is 0 Å². The van der Waals surface area contributed by atoms with Crippen molar-refractivity contribution < 1.29 is 9.59 Å². The molecular weight excluding hydrogens is 414 g/mol. The summed E-state index contributed by atoms with van der Waals surface area (Å²) in [5.41, 5.74) is 2.13. The summed E-state index contributed by atoms with van der Waals surface area (Å²) < 4.78 is 0. The standard InChI is InChI=1S/C26H35N5O2/c1-19(2)5-10-25(32)30-14-11-21(12-15-30)16-20-6-8-23(9-7-20)28-26(33)22-17-31(18-22)24-4-3-13-27-29-24/h3-4,6-9,13,19,21-22H,5,10-12,14-18H2,1-2H3,(H,28,33). The number of benzene rings is 1. The zero-order valence-corrected chi connectivity index (χ0v) is 19.7. The Kier molecular flexibility index (Phi) is 7.57. The van der Waals surface area contributed by atoms with Gasteiger partial charge in [0, 0.05) is 44.5 Å². The van der Waals surface area contributed by atoms with Crippen LogP contribution in [0.5, 0.6) is 0 Å². The smallest absolute Gasteiger partial charge is 0.231 e. The van der Waals surface area contributed by atoms with Crippen LogP contribution in [0.15, 0.2) is 42.6 Å². The molecule has 0 spiro atoms. The number of rotatable bonds is 8. The molecule has 2 saturated heterocycles. The molecule has 2 amide bonds. The lowest BCUT2D eigenvalue weighted by molar-refractivity contribution is -0.132. The number of likely N-dealkylation sites (tertiary alicyclic amines) is 1. The van der Waals surface area contributed by atoms with Crippen molar-refractivity contribution in [2.24, 2.45) is 17.8 Å². The van der Waals surface area contributed by atoms with Crippen LogP contribution in [0, 0.1) is 17.8 Å². The number of carbonyl (C=O) groups excluding carboxylic acids is 2. The number of nitrogens with one attached hydrogen (secondary N) is 1. The van der Waals surface area contributed by atoms with Gasteiger partial charge in [0.15, 0.2) is 5.82 Å². The molecule has 2 aliphatic rings. The van der Waals surface area contributed by atoms with Gasteiger partial charge in [0.2, 0.25) is 11.8 Å². The largest absolute Gasteiger partial charge is 0.353 e. The second-order valence-corrected chi connectivity index (χ2v) is 9.83. The number of amides is 2. The number of hydrogen-bond acceptors (Lipinski definition) is 5. The Morgan fingerprint density at radius 1 is 1.09 bits per heavy atom. The highest BCUT2D eigenvalue weighted by Crippen LogP contribution is 2.25. The van der Waals surface area contributed by atoms with Gasteiger partial charge in [-0.05, 0) is 67.3 Å². The fourth-order valence-corrected chi connectivity index (χ4v) is 4.55. The van der Waals surface area contributed by atoms with Crippen LogP contribution in [0.25, 0.3) is 0 Å². The second-order valence-electron chi connectivity index (χ2n) is 9.83. The van der Waals surface area contributed by atoms with Crippen molar-refractivity contribution in [3.8, 4) is 0 Å². The average molecular weight is 450 g/mol. The molecule has 1 aromatic carbocycles. The maximum Gasteiger partial charge on any atom is 0.231 e. The Balaban J connectivity index is 1.18. The Hall–Kier alpha value is -2.96. The van der Waals surface area contributed by atoms with E-state index in [-0.39, 0.29) is 11.8 Å². The lowest BCUT2D eigenvalue weighted by Crippen LogP contribution is -2.52. The molecule has 0 radical (unpaired) electrons. The summed E-state index contributed by atoms with van der Waals surface area (Å²) in [4.78, 5) is 29.0. The Labute approximate surface area is 196 Å². The first-order chi connectivity index (χ1) is 16.0. The van der Waals surface area contributed by atoms with Crippen LogP contribution in [0.3, 0.4) is 0 Å². The van der Waals surface area contributed by atoms with Crippen LogP contribution < -0.4 is 10.2 Å². The van der Waals surface area contributed by atoms with Gasteiger partial charge in [-0.2, -0.15) is 5.10 Å². The summed E-state index contributed by atoms with van der Waals surface area (Å²) in [6.07, 6.45) is 6.46. The molecule has 176 valence electrons. The fraction of sp³-hybridized carbons (Fsp3) is 0.538. The van der Waals surface area contributed by atoms with Crippen LogP contribution in [0.4, 0.5) is 11.5 Å². The number of piperidine rings is 1. The quantitative estimate of drug-likeness (QED) is 0.664. The van der Waals surface area contributed by atoms with E-state index in [1.807, 2.05) is 29.2 Å². The van der Waals surface area contributed by atoms with E-state index in [2.05, 4.69) is 46.4 Å². The number of nitrogens with zero attached hydrogens (tertiary/aromatic N) is 4. The number of anilines is 2. The van der Waals surface area contributed by atoms with Crippen molar-refractivity contribution in [1.29, 1.82) is 0 Å². The molecule has 1 aromatic heterocycles. The maximum absolute atomic E-state index is 12.5. The van der Waals surface area contributed by atoms with Crippen LogP contribution in [0.2, 0.25) is 0 Å². The first-order valence-corrected chi connectivity index (χ1v) is 12.2. The van der Waals surface area contributed by atoms with Crippen LogP contribution in [0.1, 0.15) is 45.1 Å². The second kappa shape index (κ2) is 10.8. The van der Waals surface area contributed by atoms with E-state index in [1.54, 1.807) is 6.20 Å². The van der Waals surface area contributed by atoms with Crippen LogP contribution in [-0.2, 0) is 16.0 Å². The molecule has 0 unspecified atom stereocenters. The van der Waals surface area contributed by atoms with E-state index < -0.39 is 0 Å². The van der Waals surface area contributed by atoms with Gasteiger partial charge in [0.25, 0.3) is 0 Å². The lowest BCUT2D eigenvalue weighted by atomic mass is 9.90. The van der Waals surface area contributed by atoms with E-state index in [9.17, 15) is 9.59 Å². The topological polar surface area (TPSA) is 78.4 Å². The minimum absolute atomic E-state index is 0.0277. The number of aromatic nitrogens is 2. The van der Waals surface area contributed by atoms with Crippen molar-refractivity contribution >= 4 is 23.3 Å². The third-order valence-corrected chi connectivity index (χ3v) is 6.78. The summed E-state index contributed by atoms with van der Waals surface area (Å²) in [6.45, 7) is 7.42. The molecule has 2 aromatic rings. The van der Waals surface area contributed by atoms with Crippen molar-refractivity contribution in [3.05, 3.63) is 48.2 Å². The van der Waals surface area contributed by atoms with E-state index in [4.69, 9.17) is 0 Å². The highest BCUT2D eigenvalue weighted by molar-refractivity contribution is 5.94. The fourth-order valence-electron chi connectivity index (χ4n) is 4.55. The molecule has 3 heterocycles. The number of hydrogen-bond donors (Lipinski definition) is 1. The summed E-state index contributed by atoms with van der Waals surface area (Å²) in [6, 6.07) is 12.0. The van der Waals surface area contributed by atoms with Gasteiger partial charge in [-0.3, -0.25) is 9.59 Å². The molecule has 0 atom stereocenters. The molecule has 4 rings (SSSR count). The lowest BCUT2D eigenvalue weighted by Gasteiger charge is -2.38. The monoisotopic (exact) mass is 449 g/mol. The predicted molar refractivity (Wildman–Crippen MR) is 130 cm³/mol. The maximum atomic E-state index is 12.5. The Bertz CT molecular complexity index is 917. The van der Waals surface area contributed by atoms with Gasteiger partial charge in [0.05, 0.1) is 5.92 Å².